The Balaban J connectivity index is 1.57. The zero-order chi connectivity index (χ0) is 19.2. The summed E-state index contributed by atoms with van der Waals surface area (Å²) in [5.41, 5.74) is 0.631. The molecular weight excluding hydrogens is 376 g/mol. The Kier molecular flexibility index (Phi) is 4.33. The average molecular weight is 393 g/mol. The third-order valence-corrected chi connectivity index (χ3v) is 5.84. The summed E-state index contributed by atoms with van der Waals surface area (Å²) in [6.45, 7) is 0.272. The zero-order valence-electron chi connectivity index (χ0n) is 14.3. The summed E-state index contributed by atoms with van der Waals surface area (Å²) in [6.07, 6.45) is 6.26. The summed E-state index contributed by atoms with van der Waals surface area (Å²) in [7, 11) is -3.46. The number of amides is 1. The maximum atomic E-state index is 14.0. The topological polar surface area (TPSA) is 70.0 Å². The van der Waals surface area contributed by atoms with Crippen LogP contribution in [0, 0.1) is 11.6 Å². The Hall–Kier alpha value is -2.55. The first-order chi connectivity index (χ1) is 12.8. The number of hydrogen-bond donors (Lipinski definition) is 0. The van der Waals surface area contributed by atoms with Gasteiger partial charge in [0.2, 0.25) is 0 Å². The number of fused-ring (bicyclic) bond motifs is 1. The number of nitrogens with zero attached hydrogens (tertiary/aromatic N) is 3. The first-order valence-corrected chi connectivity index (χ1v) is 10.2. The molecule has 1 aliphatic carbocycles. The predicted molar refractivity (Wildman–Crippen MR) is 95.1 cm³/mol. The molecule has 0 aromatic heterocycles. The van der Waals surface area contributed by atoms with E-state index in [1.807, 2.05) is 0 Å². The normalized spacial score (nSPS) is 20.6. The molecule has 2 heterocycles. The van der Waals surface area contributed by atoms with Gasteiger partial charge >= 0.3 is 0 Å². The van der Waals surface area contributed by atoms with E-state index in [0.717, 1.165) is 18.9 Å². The molecule has 1 amide bonds. The van der Waals surface area contributed by atoms with Crippen molar-refractivity contribution in [1.29, 1.82) is 0 Å². The van der Waals surface area contributed by atoms with Crippen LogP contribution in [0.4, 0.5) is 8.78 Å². The van der Waals surface area contributed by atoms with Crippen molar-refractivity contribution < 1.29 is 22.0 Å². The standard InChI is InChI=1S/C18H17F2N3O3S/c19-14-3-1-12(16(20)9-14)11-23(15-4-5-15)18(24)13-2-6-17-21-27(25,26)8-7-22(17)10-13/h1-3,6,9-10,15H,4-5,7-8,11H2. The maximum Gasteiger partial charge on any atom is 0.256 e. The lowest BCUT2D eigenvalue weighted by atomic mass is 10.1. The SMILES string of the molecule is O=C(C1=CN2CCS(=O)(=O)N=C2C=C1)N(Cc1ccc(F)cc1F)C1CC1. The number of carbonyl (C=O) groups excluding carboxylic acids is 1. The van der Waals surface area contributed by atoms with Gasteiger partial charge < -0.3 is 9.80 Å². The van der Waals surface area contributed by atoms with Gasteiger partial charge in [-0.05, 0) is 31.1 Å². The molecule has 1 fully saturated rings. The third kappa shape index (κ3) is 3.78. The number of rotatable bonds is 4. The van der Waals surface area contributed by atoms with Crippen molar-refractivity contribution in [2.24, 2.45) is 4.40 Å². The van der Waals surface area contributed by atoms with Gasteiger partial charge in [0.15, 0.2) is 0 Å². The van der Waals surface area contributed by atoms with E-state index in [2.05, 4.69) is 4.40 Å². The summed E-state index contributed by atoms with van der Waals surface area (Å²) in [5.74, 6) is -1.46. The highest BCUT2D eigenvalue weighted by Crippen LogP contribution is 2.31. The van der Waals surface area contributed by atoms with Gasteiger partial charge in [-0.25, -0.2) is 17.2 Å². The molecule has 0 radical (unpaired) electrons. The number of halogens is 2. The van der Waals surface area contributed by atoms with Crippen molar-refractivity contribution in [1.82, 2.24) is 9.80 Å². The number of benzene rings is 1. The third-order valence-electron chi connectivity index (χ3n) is 4.68. The van der Waals surface area contributed by atoms with Crippen molar-refractivity contribution >= 4 is 21.8 Å². The highest BCUT2D eigenvalue weighted by Gasteiger charge is 2.35. The molecule has 4 rings (SSSR count). The largest absolute Gasteiger partial charge is 0.331 e. The van der Waals surface area contributed by atoms with Crippen LogP contribution >= 0.6 is 0 Å². The molecule has 0 N–H and O–H groups in total. The summed E-state index contributed by atoms with van der Waals surface area (Å²) >= 11 is 0. The zero-order valence-corrected chi connectivity index (χ0v) is 15.1. The quantitative estimate of drug-likeness (QED) is 0.784. The number of carbonyl (C=O) groups is 1. The Morgan fingerprint density at radius 1 is 1.26 bits per heavy atom. The molecule has 0 saturated heterocycles. The van der Waals surface area contributed by atoms with Crippen LogP contribution in [0.5, 0.6) is 0 Å². The Labute approximate surface area is 155 Å². The minimum atomic E-state index is -3.46. The monoisotopic (exact) mass is 393 g/mol. The Morgan fingerprint density at radius 3 is 2.74 bits per heavy atom. The maximum absolute atomic E-state index is 14.0. The molecule has 27 heavy (non-hydrogen) atoms. The van der Waals surface area contributed by atoms with E-state index in [4.69, 9.17) is 0 Å². The lowest BCUT2D eigenvalue weighted by molar-refractivity contribution is -0.128. The van der Waals surface area contributed by atoms with Crippen molar-refractivity contribution in [2.75, 3.05) is 12.3 Å². The Bertz CT molecular complexity index is 997. The van der Waals surface area contributed by atoms with Crippen LogP contribution in [0.3, 0.4) is 0 Å². The van der Waals surface area contributed by atoms with E-state index in [1.165, 1.54) is 24.3 Å². The smallest absolute Gasteiger partial charge is 0.256 e. The summed E-state index contributed by atoms with van der Waals surface area (Å²) in [5, 5.41) is 0. The molecule has 9 heteroatoms. The molecule has 0 unspecified atom stereocenters. The van der Waals surface area contributed by atoms with Gasteiger partial charge in [-0.1, -0.05) is 6.07 Å². The fraction of sp³-hybridized carbons (Fsp3) is 0.333. The highest BCUT2D eigenvalue weighted by atomic mass is 32.2. The van der Waals surface area contributed by atoms with E-state index in [9.17, 15) is 22.0 Å². The van der Waals surface area contributed by atoms with Gasteiger partial charge in [0.1, 0.15) is 17.5 Å². The summed E-state index contributed by atoms with van der Waals surface area (Å²) in [4.78, 5) is 16.2. The van der Waals surface area contributed by atoms with Crippen LogP contribution < -0.4 is 0 Å². The van der Waals surface area contributed by atoms with Crippen molar-refractivity contribution in [3.05, 3.63) is 59.3 Å². The predicted octanol–water partition coefficient (Wildman–Crippen LogP) is 1.95. The van der Waals surface area contributed by atoms with E-state index >= 15 is 0 Å². The van der Waals surface area contributed by atoms with Crippen LogP contribution in [0.2, 0.25) is 0 Å². The lowest BCUT2D eigenvalue weighted by Gasteiger charge is -2.29. The van der Waals surface area contributed by atoms with Crippen LogP contribution in [-0.2, 0) is 21.4 Å². The number of amidine groups is 1. The molecule has 0 atom stereocenters. The van der Waals surface area contributed by atoms with Crippen LogP contribution in [0.1, 0.15) is 18.4 Å². The first-order valence-electron chi connectivity index (χ1n) is 8.56. The lowest BCUT2D eigenvalue weighted by Crippen LogP contribution is -2.39. The minimum absolute atomic E-state index is 0.0213. The molecule has 2 aliphatic heterocycles. The number of sulfonamides is 1. The summed E-state index contributed by atoms with van der Waals surface area (Å²) < 4.78 is 54.0. The molecule has 1 saturated carbocycles. The van der Waals surface area contributed by atoms with Gasteiger partial charge in [0, 0.05) is 37.0 Å². The van der Waals surface area contributed by atoms with Gasteiger partial charge in [0.05, 0.1) is 11.3 Å². The van der Waals surface area contributed by atoms with Gasteiger partial charge in [0.25, 0.3) is 15.9 Å². The number of hydrogen-bond acceptors (Lipinski definition) is 4. The molecule has 1 aromatic carbocycles. The average Bonchev–Trinajstić information content (AvgIpc) is 3.44. The molecule has 6 nitrogen and oxygen atoms in total. The second kappa shape index (κ2) is 6.56. The van der Waals surface area contributed by atoms with Crippen LogP contribution in [0.15, 0.2) is 46.5 Å². The van der Waals surface area contributed by atoms with E-state index in [-0.39, 0.29) is 42.2 Å². The molecular formula is C18H17F2N3O3S. The van der Waals surface area contributed by atoms with Crippen molar-refractivity contribution in [2.45, 2.75) is 25.4 Å². The van der Waals surface area contributed by atoms with Gasteiger partial charge in [-0.2, -0.15) is 0 Å². The molecule has 142 valence electrons. The van der Waals surface area contributed by atoms with Gasteiger partial charge in [-0.3, -0.25) is 4.79 Å². The van der Waals surface area contributed by atoms with Crippen LogP contribution in [0.25, 0.3) is 0 Å². The molecule has 0 bridgehead atoms. The molecule has 3 aliphatic rings. The van der Waals surface area contributed by atoms with Gasteiger partial charge in [-0.15, -0.1) is 4.40 Å². The van der Waals surface area contributed by atoms with Crippen molar-refractivity contribution in [3.8, 4) is 0 Å². The minimum Gasteiger partial charge on any atom is -0.331 e. The fourth-order valence-corrected chi connectivity index (χ4v) is 4.05. The Morgan fingerprint density at radius 2 is 2.04 bits per heavy atom. The molecule has 1 aromatic rings. The van der Waals surface area contributed by atoms with E-state index in [1.54, 1.807) is 16.0 Å². The fourth-order valence-electron chi connectivity index (χ4n) is 3.08. The second-order valence-corrected chi connectivity index (χ2v) is 8.50. The second-order valence-electron chi connectivity index (χ2n) is 6.75. The highest BCUT2D eigenvalue weighted by molar-refractivity contribution is 7.90. The van der Waals surface area contributed by atoms with E-state index < -0.39 is 21.7 Å². The van der Waals surface area contributed by atoms with Crippen LogP contribution in [-0.4, -0.2) is 48.3 Å². The van der Waals surface area contributed by atoms with E-state index in [0.29, 0.717) is 5.57 Å². The summed E-state index contributed by atoms with van der Waals surface area (Å²) in [6, 6.07) is 3.35. The molecule has 0 spiro atoms. The van der Waals surface area contributed by atoms with Crippen molar-refractivity contribution in [3.63, 3.8) is 0 Å². The first kappa shape index (κ1) is 17.8.